The van der Waals surface area contributed by atoms with Crippen LogP contribution < -0.4 is 9.47 Å². The summed E-state index contributed by atoms with van der Waals surface area (Å²) < 4.78 is 13.3. The van der Waals surface area contributed by atoms with E-state index in [-0.39, 0.29) is 0 Å². The van der Waals surface area contributed by atoms with Gasteiger partial charge in [0.1, 0.15) is 5.69 Å². The number of rotatable bonds is 5. The Morgan fingerprint density at radius 3 is 1.97 bits per heavy atom. The van der Waals surface area contributed by atoms with Crippen molar-refractivity contribution in [1.29, 1.82) is 0 Å². The van der Waals surface area contributed by atoms with Gasteiger partial charge in [-0.05, 0) is 30.3 Å². The Kier molecular flexibility index (Phi) is 5.55. The predicted molar refractivity (Wildman–Crippen MR) is 145 cm³/mol. The fraction of sp³-hybridized carbons (Fsp3) is 0.0667. The summed E-state index contributed by atoms with van der Waals surface area (Å²) in [6.07, 6.45) is 0. The SMILES string of the molecule is COc1cc2c(-c3ccccc3Cl)nc3c(c(-c4ccccc4)nn3-c3ccccc3)c2cc1OC. The van der Waals surface area contributed by atoms with Crippen molar-refractivity contribution < 1.29 is 9.47 Å². The lowest BCUT2D eigenvalue weighted by Gasteiger charge is -2.14. The van der Waals surface area contributed by atoms with E-state index in [9.17, 15) is 0 Å². The van der Waals surface area contributed by atoms with E-state index in [2.05, 4.69) is 12.1 Å². The van der Waals surface area contributed by atoms with Crippen LogP contribution in [0, 0.1) is 0 Å². The molecule has 2 aromatic heterocycles. The second-order valence-electron chi connectivity index (χ2n) is 8.35. The smallest absolute Gasteiger partial charge is 0.164 e. The molecule has 4 aromatic carbocycles. The lowest BCUT2D eigenvalue weighted by molar-refractivity contribution is 0.356. The number of benzene rings is 4. The summed E-state index contributed by atoms with van der Waals surface area (Å²) in [5, 5.41) is 8.49. The van der Waals surface area contributed by atoms with Gasteiger partial charge >= 0.3 is 0 Å². The highest BCUT2D eigenvalue weighted by molar-refractivity contribution is 6.34. The van der Waals surface area contributed by atoms with E-state index in [1.165, 1.54) is 0 Å². The first-order valence-electron chi connectivity index (χ1n) is 11.5. The monoisotopic (exact) mass is 491 g/mol. The molecule has 0 spiro atoms. The molecule has 6 heteroatoms. The van der Waals surface area contributed by atoms with Gasteiger partial charge in [-0.3, -0.25) is 0 Å². The molecule has 0 saturated heterocycles. The Morgan fingerprint density at radius 1 is 0.694 bits per heavy atom. The third kappa shape index (κ3) is 3.56. The maximum atomic E-state index is 6.68. The van der Waals surface area contributed by atoms with Gasteiger partial charge in [0, 0.05) is 26.9 Å². The van der Waals surface area contributed by atoms with E-state index in [4.69, 9.17) is 31.2 Å². The molecule has 5 nitrogen and oxygen atoms in total. The average Bonchev–Trinajstić information content (AvgIpc) is 3.33. The van der Waals surface area contributed by atoms with Crippen LogP contribution in [-0.2, 0) is 0 Å². The van der Waals surface area contributed by atoms with Crippen molar-refractivity contribution in [2.24, 2.45) is 0 Å². The van der Waals surface area contributed by atoms with E-state index in [0.717, 1.165) is 50.0 Å². The lowest BCUT2D eigenvalue weighted by atomic mass is 9.98. The summed E-state index contributed by atoms with van der Waals surface area (Å²) in [5.41, 5.74) is 5.07. The topological polar surface area (TPSA) is 49.2 Å². The molecule has 6 aromatic rings. The number of hydrogen-bond acceptors (Lipinski definition) is 4. The number of ether oxygens (including phenoxy) is 2. The predicted octanol–water partition coefficient (Wildman–Crippen LogP) is 7.58. The normalized spacial score (nSPS) is 11.2. The molecule has 0 atom stereocenters. The minimum absolute atomic E-state index is 0.620. The van der Waals surface area contributed by atoms with Crippen molar-refractivity contribution in [3.63, 3.8) is 0 Å². The summed E-state index contributed by atoms with van der Waals surface area (Å²) in [5.74, 6) is 1.25. The number of halogens is 1. The standard InChI is InChI=1S/C30H22ClN3O2/c1-35-25-17-22-23(18-26(25)36-2)29(21-15-9-10-16-24(21)31)32-30-27(22)28(19-11-5-3-6-12-19)33-34(30)20-13-7-4-8-14-20/h3-18H,1-2H3. The third-order valence-corrected chi connectivity index (χ3v) is 6.63. The first kappa shape index (κ1) is 22.1. The van der Waals surface area contributed by atoms with Crippen LogP contribution in [0.3, 0.4) is 0 Å². The van der Waals surface area contributed by atoms with Gasteiger partial charge in [-0.1, -0.05) is 78.3 Å². The number of para-hydroxylation sites is 1. The average molecular weight is 492 g/mol. The summed E-state index contributed by atoms with van der Waals surface area (Å²) in [7, 11) is 3.27. The zero-order valence-corrected chi connectivity index (χ0v) is 20.5. The number of aromatic nitrogens is 3. The van der Waals surface area contributed by atoms with Crippen LogP contribution in [0.2, 0.25) is 5.02 Å². The van der Waals surface area contributed by atoms with Crippen molar-refractivity contribution >= 4 is 33.4 Å². The molecule has 0 N–H and O–H groups in total. The van der Waals surface area contributed by atoms with Gasteiger partial charge in [0.25, 0.3) is 0 Å². The first-order chi connectivity index (χ1) is 17.7. The molecule has 0 unspecified atom stereocenters. The minimum atomic E-state index is 0.620. The van der Waals surface area contributed by atoms with Gasteiger partial charge in [-0.25, -0.2) is 9.67 Å². The fourth-order valence-electron chi connectivity index (χ4n) is 4.61. The molecule has 0 aliphatic carbocycles. The second-order valence-corrected chi connectivity index (χ2v) is 8.76. The molecule has 0 fully saturated rings. The minimum Gasteiger partial charge on any atom is -0.493 e. The highest BCUT2D eigenvalue weighted by Gasteiger charge is 2.23. The van der Waals surface area contributed by atoms with Crippen LogP contribution in [0.5, 0.6) is 11.5 Å². The maximum Gasteiger partial charge on any atom is 0.164 e. The number of hydrogen-bond donors (Lipinski definition) is 0. The van der Waals surface area contributed by atoms with Gasteiger partial charge < -0.3 is 9.47 Å². The van der Waals surface area contributed by atoms with Crippen LogP contribution in [-0.4, -0.2) is 29.0 Å². The largest absolute Gasteiger partial charge is 0.493 e. The van der Waals surface area contributed by atoms with E-state index < -0.39 is 0 Å². The van der Waals surface area contributed by atoms with E-state index in [1.54, 1.807) is 14.2 Å². The second kappa shape index (κ2) is 9.02. The van der Waals surface area contributed by atoms with Gasteiger partial charge in [0.15, 0.2) is 17.1 Å². The number of nitrogens with zero attached hydrogens (tertiary/aromatic N) is 3. The molecular formula is C30H22ClN3O2. The molecular weight excluding hydrogens is 470 g/mol. The van der Waals surface area contributed by atoms with Crippen LogP contribution in [0.15, 0.2) is 97.1 Å². The molecule has 0 amide bonds. The summed E-state index contributed by atoms with van der Waals surface area (Å²) in [6, 6.07) is 31.9. The zero-order chi connectivity index (χ0) is 24.6. The van der Waals surface area contributed by atoms with Crippen molar-refractivity contribution in [1.82, 2.24) is 14.8 Å². The molecule has 176 valence electrons. The molecule has 0 bridgehead atoms. The number of fused-ring (bicyclic) bond motifs is 3. The van der Waals surface area contributed by atoms with Crippen LogP contribution in [0.25, 0.3) is 50.0 Å². The molecule has 0 aliphatic rings. The van der Waals surface area contributed by atoms with Gasteiger partial charge in [-0.2, -0.15) is 5.10 Å². The van der Waals surface area contributed by atoms with Crippen molar-refractivity contribution in [3.8, 4) is 39.7 Å². The maximum absolute atomic E-state index is 6.68. The van der Waals surface area contributed by atoms with E-state index >= 15 is 0 Å². The Morgan fingerprint density at radius 2 is 1.31 bits per heavy atom. The van der Waals surface area contributed by atoms with Gasteiger partial charge in [0.2, 0.25) is 0 Å². The molecule has 36 heavy (non-hydrogen) atoms. The molecule has 2 heterocycles. The quantitative estimate of drug-likeness (QED) is 0.249. The Balaban J connectivity index is 1.83. The molecule has 0 aliphatic heterocycles. The summed E-state index contributed by atoms with van der Waals surface area (Å²) >= 11 is 6.68. The fourth-order valence-corrected chi connectivity index (χ4v) is 4.84. The zero-order valence-electron chi connectivity index (χ0n) is 19.8. The van der Waals surface area contributed by atoms with Gasteiger partial charge in [0.05, 0.1) is 31.0 Å². The Labute approximate surface area is 213 Å². The van der Waals surface area contributed by atoms with Crippen LogP contribution >= 0.6 is 11.6 Å². The highest BCUT2D eigenvalue weighted by atomic mass is 35.5. The van der Waals surface area contributed by atoms with Crippen LogP contribution in [0.1, 0.15) is 0 Å². The van der Waals surface area contributed by atoms with E-state index in [1.807, 2.05) is 89.6 Å². The molecule has 0 radical (unpaired) electrons. The molecule has 6 rings (SSSR count). The number of pyridine rings is 1. The third-order valence-electron chi connectivity index (χ3n) is 6.30. The van der Waals surface area contributed by atoms with Crippen molar-refractivity contribution in [3.05, 3.63) is 102 Å². The van der Waals surface area contributed by atoms with Crippen LogP contribution in [0.4, 0.5) is 0 Å². The summed E-state index contributed by atoms with van der Waals surface area (Å²) in [4.78, 5) is 5.21. The number of methoxy groups -OCH3 is 2. The van der Waals surface area contributed by atoms with E-state index in [0.29, 0.717) is 16.5 Å². The van der Waals surface area contributed by atoms with Crippen molar-refractivity contribution in [2.45, 2.75) is 0 Å². The first-order valence-corrected chi connectivity index (χ1v) is 11.9. The van der Waals surface area contributed by atoms with Crippen molar-refractivity contribution in [2.75, 3.05) is 14.2 Å². The Hall–Kier alpha value is -4.35. The Bertz CT molecular complexity index is 1710. The lowest BCUT2D eigenvalue weighted by Crippen LogP contribution is -1.99. The summed E-state index contributed by atoms with van der Waals surface area (Å²) in [6.45, 7) is 0. The highest BCUT2D eigenvalue weighted by Crippen LogP contribution is 2.43. The van der Waals surface area contributed by atoms with Gasteiger partial charge in [-0.15, -0.1) is 0 Å². The molecule has 0 saturated carbocycles.